The Morgan fingerprint density at radius 3 is 2.75 bits per heavy atom. The number of benzene rings is 2. The van der Waals surface area contributed by atoms with Gasteiger partial charge in [-0.3, -0.25) is 4.79 Å². The van der Waals surface area contributed by atoms with Crippen LogP contribution in [0.1, 0.15) is 10.4 Å². The van der Waals surface area contributed by atoms with Crippen molar-refractivity contribution in [3.8, 4) is 5.75 Å². The third-order valence-electron chi connectivity index (χ3n) is 2.60. The highest BCUT2D eigenvalue weighted by Crippen LogP contribution is 2.27. The van der Waals surface area contributed by atoms with E-state index < -0.39 is 0 Å². The van der Waals surface area contributed by atoms with E-state index in [1.165, 1.54) is 7.11 Å². The number of nitrogens with two attached hydrogens (primary N) is 1. The number of rotatable bonds is 3. The smallest absolute Gasteiger partial charge is 0.255 e. The fraction of sp³-hybridized carbons (Fsp3) is 0.0714. The van der Waals surface area contributed by atoms with E-state index in [0.717, 1.165) is 4.47 Å². The molecular weight excluding hydrogens is 344 g/mol. The van der Waals surface area contributed by atoms with Crippen LogP contribution in [0.3, 0.4) is 0 Å². The van der Waals surface area contributed by atoms with Gasteiger partial charge in [0.1, 0.15) is 5.75 Å². The van der Waals surface area contributed by atoms with Gasteiger partial charge in [0.25, 0.3) is 5.91 Å². The molecule has 0 atom stereocenters. The highest BCUT2D eigenvalue weighted by molar-refractivity contribution is 9.10. The first-order valence-corrected chi connectivity index (χ1v) is 6.87. The van der Waals surface area contributed by atoms with Crippen LogP contribution in [0.5, 0.6) is 5.75 Å². The Hall–Kier alpha value is -1.72. The van der Waals surface area contributed by atoms with Crippen molar-refractivity contribution in [2.45, 2.75) is 0 Å². The second-order valence-electron chi connectivity index (χ2n) is 4.07. The van der Waals surface area contributed by atoms with Crippen LogP contribution in [0.2, 0.25) is 5.02 Å². The van der Waals surface area contributed by atoms with Gasteiger partial charge in [-0.25, -0.2) is 0 Å². The highest BCUT2D eigenvalue weighted by Gasteiger charge is 2.11. The number of amides is 1. The fourth-order valence-electron chi connectivity index (χ4n) is 1.66. The molecule has 1 amide bonds. The second kappa shape index (κ2) is 6.15. The summed E-state index contributed by atoms with van der Waals surface area (Å²) in [6.07, 6.45) is 0. The van der Waals surface area contributed by atoms with Crippen molar-refractivity contribution >= 4 is 44.8 Å². The van der Waals surface area contributed by atoms with Crippen molar-refractivity contribution in [2.24, 2.45) is 0 Å². The summed E-state index contributed by atoms with van der Waals surface area (Å²) in [5.74, 6) is 0.214. The first-order chi connectivity index (χ1) is 9.49. The summed E-state index contributed by atoms with van der Waals surface area (Å²) in [5.41, 5.74) is 7.10. The minimum absolute atomic E-state index is 0.310. The molecule has 2 rings (SSSR count). The summed E-state index contributed by atoms with van der Waals surface area (Å²) in [6, 6.07) is 10.0. The van der Waals surface area contributed by atoms with Gasteiger partial charge in [-0.1, -0.05) is 27.5 Å². The maximum Gasteiger partial charge on any atom is 0.255 e. The molecule has 0 unspecified atom stereocenters. The van der Waals surface area contributed by atoms with E-state index in [9.17, 15) is 4.79 Å². The quantitative estimate of drug-likeness (QED) is 0.820. The van der Waals surface area contributed by atoms with Crippen LogP contribution >= 0.6 is 27.5 Å². The minimum Gasteiger partial charge on any atom is -0.497 e. The Morgan fingerprint density at radius 1 is 1.30 bits per heavy atom. The van der Waals surface area contributed by atoms with Gasteiger partial charge in [-0.05, 0) is 30.3 Å². The first-order valence-electron chi connectivity index (χ1n) is 5.70. The normalized spacial score (nSPS) is 10.2. The number of hydrogen-bond acceptors (Lipinski definition) is 3. The van der Waals surface area contributed by atoms with Crippen LogP contribution < -0.4 is 15.8 Å². The topological polar surface area (TPSA) is 64.3 Å². The van der Waals surface area contributed by atoms with E-state index in [4.69, 9.17) is 22.1 Å². The number of anilines is 2. The van der Waals surface area contributed by atoms with Crippen LogP contribution in [0.4, 0.5) is 11.4 Å². The number of methoxy groups -OCH3 is 1. The minimum atomic E-state index is -0.310. The maximum absolute atomic E-state index is 12.2. The molecule has 2 aromatic rings. The van der Waals surface area contributed by atoms with Crippen molar-refractivity contribution in [3.05, 3.63) is 51.5 Å². The molecule has 0 heterocycles. The number of nitrogen functional groups attached to an aromatic ring is 1. The van der Waals surface area contributed by atoms with Crippen LogP contribution in [-0.2, 0) is 0 Å². The number of carbonyl (C=O) groups is 1. The van der Waals surface area contributed by atoms with Crippen LogP contribution in [-0.4, -0.2) is 13.0 Å². The van der Waals surface area contributed by atoms with Gasteiger partial charge in [-0.2, -0.15) is 0 Å². The molecule has 0 radical (unpaired) electrons. The second-order valence-corrected chi connectivity index (χ2v) is 5.40. The van der Waals surface area contributed by atoms with Gasteiger partial charge < -0.3 is 15.8 Å². The Kier molecular flexibility index (Phi) is 4.52. The average Bonchev–Trinajstić information content (AvgIpc) is 2.42. The molecule has 3 N–H and O–H groups in total. The van der Waals surface area contributed by atoms with E-state index >= 15 is 0 Å². The van der Waals surface area contributed by atoms with E-state index in [1.807, 2.05) is 0 Å². The largest absolute Gasteiger partial charge is 0.497 e. The van der Waals surface area contributed by atoms with Gasteiger partial charge in [-0.15, -0.1) is 0 Å². The van der Waals surface area contributed by atoms with Crippen molar-refractivity contribution in [1.29, 1.82) is 0 Å². The third-order valence-corrected chi connectivity index (χ3v) is 3.43. The zero-order valence-electron chi connectivity index (χ0n) is 10.6. The molecule has 0 aromatic heterocycles. The lowest BCUT2D eigenvalue weighted by atomic mass is 10.1. The van der Waals surface area contributed by atoms with E-state index in [2.05, 4.69) is 21.2 Å². The lowest BCUT2D eigenvalue weighted by Crippen LogP contribution is -2.12. The summed E-state index contributed by atoms with van der Waals surface area (Å²) in [6.45, 7) is 0. The predicted molar refractivity (Wildman–Crippen MR) is 84.5 cm³/mol. The zero-order chi connectivity index (χ0) is 14.7. The maximum atomic E-state index is 12.2. The van der Waals surface area contributed by atoms with Crippen molar-refractivity contribution in [3.63, 3.8) is 0 Å². The summed E-state index contributed by atoms with van der Waals surface area (Å²) in [4.78, 5) is 12.2. The first kappa shape index (κ1) is 14.7. The molecule has 4 nitrogen and oxygen atoms in total. The Bertz CT molecular complexity index is 662. The average molecular weight is 356 g/mol. The van der Waals surface area contributed by atoms with Gasteiger partial charge in [0.2, 0.25) is 0 Å². The molecular formula is C14H12BrClN2O2. The van der Waals surface area contributed by atoms with Gasteiger partial charge >= 0.3 is 0 Å². The zero-order valence-corrected chi connectivity index (χ0v) is 13.0. The molecule has 20 heavy (non-hydrogen) atoms. The monoisotopic (exact) mass is 354 g/mol. The Labute approximate surface area is 130 Å². The molecule has 0 spiro atoms. The fourth-order valence-corrected chi connectivity index (χ4v) is 2.18. The molecule has 0 fully saturated rings. The molecule has 104 valence electrons. The number of hydrogen-bond donors (Lipinski definition) is 2. The van der Waals surface area contributed by atoms with Crippen LogP contribution in [0, 0.1) is 0 Å². The van der Waals surface area contributed by atoms with Crippen molar-refractivity contribution < 1.29 is 9.53 Å². The summed E-state index contributed by atoms with van der Waals surface area (Å²) < 4.78 is 5.91. The van der Waals surface area contributed by atoms with E-state index in [1.54, 1.807) is 36.4 Å². The standard InChI is InChI=1S/C14H12BrClN2O2/c1-20-11-5-8(4-10(17)7-11)14(19)18-13-6-9(15)2-3-12(13)16/h2-7H,17H2,1H3,(H,18,19). The molecule has 0 aliphatic carbocycles. The van der Waals surface area contributed by atoms with Crippen molar-refractivity contribution in [2.75, 3.05) is 18.2 Å². The predicted octanol–water partition coefficient (Wildman–Crippen LogP) is 3.95. The summed E-state index contributed by atoms with van der Waals surface area (Å²) in [5, 5.41) is 3.19. The molecule has 0 saturated carbocycles. The Morgan fingerprint density at radius 2 is 2.05 bits per heavy atom. The molecule has 6 heteroatoms. The highest BCUT2D eigenvalue weighted by atomic mass is 79.9. The summed E-state index contributed by atoms with van der Waals surface area (Å²) >= 11 is 9.36. The van der Waals surface area contributed by atoms with Crippen LogP contribution in [0.25, 0.3) is 0 Å². The molecule has 2 aromatic carbocycles. The number of halogens is 2. The van der Waals surface area contributed by atoms with Gasteiger partial charge in [0.05, 0.1) is 17.8 Å². The Balaban J connectivity index is 2.28. The lowest BCUT2D eigenvalue weighted by Gasteiger charge is -2.09. The number of nitrogens with one attached hydrogen (secondary N) is 1. The molecule has 0 aliphatic heterocycles. The SMILES string of the molecule is COc1cc(N)cc(C(=O)Nc2cc(Br)ccc2Cl)c1. The van der Waals surface area contributed by atoms with Crippen molar-refractivity contribution in [1.82, 2.24) is 0 Å². The molecule has 0 aliphatic rings. The van der Waals surface area contributed by atoms with Gasteiger partial charge in [0, 0.05) is 21.8 Å². The number of ether oxygens (including phenoxy) is 1. The molecule has 0 saturated heterocycles. The third kappa shape index (κ3) is 3.43. The van der Waals surface area contributed by atoms with Crippen LogP contribution in [0.15, 0.2) is 40.9 Å². The lowest BCUT2D eigenvalue weighted by molar-refractivity contribution is 0.102. The number of carbonyl (C=O) groups excluding carboxylic acids is 1. The van der Waals surface area contributed by atoms with E-state index in [-0.39, 0.29) is 5.91 Å². The molecule has 0 bridgehead atoms. The van der Waals surface area contributed by atoms with Gasteiger partial charge in [0.15, 0.2) is 0 Å². The van der Waals surface area contributed by atoms with E-state index in [0.29, 0.717) is 27.7 Å². The summed E-state index contributed by atoms with van der Waals surface area (Å²) in [7, 11) is 1.52.